The zero-order valence-electron chi connectivity index (χ0n) is 19.2. The Morgan fingerprint density at radius 3 is 2.26 bits per heavy atom. The maximum absolute atomic E-state index is 12.5. The van der Waals surface area contributed by atoms with E-state index < -0.39 is 23.9 Å². The SMILES string of the molecule is CCOC(=O)[C@H](CCCO)NC(=O)/C(C)=C/c1ccc(C(=O)Oc2ccc(C(=N)N)cc2)cc1. The van der Waals surface area contributed by atoms with Crippen molar-refractivity contribution in [2.45, 2.75) is 32.7 Å². The third-order valence-electron chi connectivity index (χ3n) is 4.79. The van der Waals surface area contributed by atoms with Crippen molar-refractivity contribution in [3.63, 3.8) is 0 Å². The van der Waals surface area contributed by atoms with E-state index in [2.05, 4.69) is 5.32 Å². The highest BCUT2D eigenvalue weighted by Crippen LogP contribution is 2.16. The smallest absolute Gasteiger partial charge is 0.343 e. The Labute approximate surface area is 198 Å². The number of aliphatic hydroxyl groups is 1. The molecule has 0 fully saturated rings. The van der Waals surface area contributed by atoms with Crippen molar-refractivity contribution in [1.82, 2.24) is 5.32 Å². The van der Waals surface area contributed by atoms with Gasteiger partial charge in [-0.3, -0.25) is 10.2 Å². The van der Waals surface area contributed by atoms with E-state index in [1.165, 1.54) is 0 Å². The molecule has 0 unspecified atom stereocenters. The highest BCUT2D eigenvalue weighted by Gasteiger charge is 2.22. The first kappa shape index (κ1) is 26.3. The zero-order chi connectivity index (χ0) is 25.1. The minimum Gasteiger partial charge on any atom is -0.464 e. The second-order valence-electron chi connectivity index (χ2n) is 7.42. The van der Waals surface area contributed by atoms with Crippen molar-refractivity contribution < 1.29 is 29.0 Å². The van der Waals surface area contributed by atoms with Crippen molar-refractivity contribution in [2.24, 2.45) is 5.73 Å². The van der Waals surface area contributed by atoms with Crippen LogP contribution in [0.4, 0.5) is 0 Å². The number of aliphatic hydroxyl groups excluding tert-OH is 1. The lowest BCUT2D eigenvalue weighted by molar-refractivity contribution is -0.147. The normalized spacial score (nSPS) is 11.9. The van der Waals surface area contributed by atoms with Gasteiger partial charge in [0.2, 0.25) is 5.91 Å². The summed E-state index contributed by atoms with van der Waals surface area (Å²) < 4.78 is 10.3. The molecular weight excluding hydrogens is 438 g/mol. The summed E-state index contributed by atoms with van der Waals surface area (Å²) in [6.07, 6.45) is 2.24. The Bertz CT molecular complexity index is 1050. The lowest BCUT2D eigenvalue weighted by atomic mass is 10.1. The van der Waals surface area contributed by atoms with Crippen LogP contribution >= 0.6 is 0 Å². The molecule has 0 aliphatic carbocycles. The van der Waals surface area contributed by atoms with E-state index in [-0.39, 0.29) is 25.5 Å². The van der Waals surface area contributed by atoms with Gasteiger partial charge in [-0.1, -0.05) is 12.1 Å². The van der Waals surface area contributed by atoms with Gasteiger partial charge in [0.1, 0.15) is 17.6 Å². The molecule has 2 aromatic rings. The fourth-order valence-corrected chi connectivity index (χ4v) is 2.96. The number of nitrogens with two attached hydrogens (primary N) is 1. The van der Waals surface area contributed by atoms with Gasteiger partial charge >= 0.3 is 11.9 Å². The molecule has 0 aliphatic heterocycles. The highest BCUT2D eigenvalue weighted by atomic mass is 16.5. The lowest BCUT2D eigenvalue weighted by Gasteiger charge is -2.17. The number of benzene rings is 2. The van der Waals surface area contributed by atoms with Gasteiger partial charge in [-0.2, -0.15) is 0 Å². The van der Waals surface area contributed by atoms with Gasteiger partial charge < -0.3 is 25.6 Å². The number of hydrogen-bond acceptors (Lipinski definition) is 7. The minimum atomic E-state index is -0.843. The number of amidine groups is 1. The number of esters is 2. The molecule has 0 aromatic heterocycles. The standard InChI is InChI=1S/C25H29N3O6/c1-3-33-25(32)21(5-4-14-29)28-23(30)16(2)15-17-6-8-19(9-7-17)24(31)34-20-12-10-18(11-13-20)22(26)27/h6-13,15,21,29H,3-5,14H2,1-2H3,(H3,26,27)(H,28,30)/b16-15+/t21-/m0/s1. The third-order valence-corrected chi connectivity index (χ3v) is 4.79. The van der Waals surface area contributed by atoms with E-state index in [0.717, 1.165) is 0 Å². The van der Waals surface area contributed by atoms with Crippen molar-refractivity contribution in [3.05, 3.63) is 70.8 Å². The largest absolute Gasteiger partial charge is 0.464 e. The molecule has 0 bridgehead atoms. The van der Waals surface area contributed by atoms with Crippen LogP contribution in [0, 0.1) is 5.41 Å². The number of amides is 1. The van der Waals surface area contributed by atoms with E-state index in [4.69, 9.17) is 25.7 Å². The molecule has 0 spiro atoms. The third kappa shape index (κ3) is 7.86. The molecule has 180 valence electrons. The Morgan fingerprint density at radius 1 is 1.09 bits per heavy atom. The maximum atomic E-state index is 12.5. The summed E-state index contributed by atoms with van der Waals surface area (Å²) in [5.74, 6) is -1.29. The van der Waals surface area contributed by atoms with Gasteiger partial charge in [-0.05, 0) is 74.7 Å². The van der Waals surface area contributed by atoms with E-state index >= 15 is 0 Å². The van der Waals surface area contributed by atoms with Crippen LogP contribution in [-0.2, 0) is 14.3 Å². The van der Waals surface area contributed by atoms with Crippen LogP contribution in [0.25, 0.3) is 6.08 Å². The Morgan fingerprint density at radius 2 is 1.71 bits per heavy atom. The Hall–Kier alpha value is -3.98. The number of nitrogens with one attached hydrogen (secondary N) is 2. The monoisotopic (exact) mass is 467 g/mol. The van der Waals surface area contributed by atoms with E-state index in [1.54, 1.807) is 68.5 Å². The first-order valence-corrected chi connectivity index (χ1v) is 10.8. The molecule has 1 amide bonds. The second-order valence-corrected chi connectivity index (χ2v) is 7.42. The van der Waals surface area contributed by atoms with Gasteiger partial charge in [0.25, 0.3) is 0 Å². The number of carbonyl (C=O) groups is 3. The van der Waals surface area contributed by atoms with Gasteiger partial charge in [-0.15, -0.1) is 0 Å². The van der Waals surface area contributed by atoms with E-state index in [9.17, 15) is 14.4 Å². The summed E-state index contributed by atoms with van der Waals surface area (Å²) in [6.45, 7) is 3.38. The van der Waals surface area contributed by atoms with Crippen LogP contribution in [0.2, 0.25) is 0 Å². The first-order chi connectivity index (χ1) is 16.2. The lowest BCUT2D eigenvalue weighted by Crippen LogP contribution is -2.42. The Kier molecular flexibility index (Phi) is 9.97. The van der Waals surface area contributed by atoms with Crippen LogP contribution in [0.1, 0.15) is 48.2 Å². The maximum Gasteiger partial charge on any atom is 0.343 e. The molecule has 0 radical (unpaired) electrons. The van der Waals surface area contributed by atoms with Crippen LogP contribution in [0.15, 0.2) is 54.1 Å². The summed E-state index contributed by atoms with van der Waals surface area (Å²) in [5, 5.41) is 19.0. The molecule has 34 heavy (non-hydrogen) atoms. The summed E-state index contributed by atoms with van der Waals surface area (Å²) in [5.41, 5.74) is 7.29. The number of ether oxygens (including phenoxy) is 2. The predicted octanol–water partition coefficient (Wildman–Crippen LogP) is 2.41. The molecule has 1 atom stereocenters. The van der Waals surface area contributed by atoms with Crippen molar-refractivity contribution in [1.29, 1.82) is 5.41 Å². The average Bonchev–Trinajstić information content (AvgIpc) is 2.82. The molecule has 9 nitrogen and oxygen atoms in total. The zero-order valence-corrected chi connectivity index (χ0v) is 19.2. The number of hydrogen-bond donors (Lipinski definition) is 4. The van der Waals surface area contributed by atoms with Gasteiger partial charge in [-0.25, -0.2) is 9.59 Å². The molecule has 0 saturated carbocycles. The second kappa shape index (κ2) is 12.9. The summed E-state index contributed by atoms with van der Waals surface area (Å²) in [7, 11) is 0. The molecular formula is C25H29N3O6. The van der Waals surface area contributed by atoms with Gasteiger partial charge in [0.15, 0.2) is 0 Å². The summed E-state index contributed by atoms with van der Waals surface area (Å²) in [6, 6.07) is 11.9. The topological polar surface area (TPSA) is 152 Å². The van der Waals surface area contributed by atoms with Crippen molar-refractivity contribution in [2.75, 3.05) is 13.2 Å². The van der Waals surface area contributed by atoms with E-state index in [1.807, 2.05) is 0 Å². The van der Waals surface area contributed by atoms with E-state index in [0.29, 0.717) is 34.4 Å². The minimum absolute atomic E-state index is 0.0768. The molecule has 2 aromatic carbocycles. The number of rotatable bonds is 11. The average molecular weight is 468 g/mol. The Balaban J connectivity index is 2.02. The molecule has 5 N–H and O–H groups in total. The summed E-state index contributed by atoms with van der Waals surface area (Å²) in [4.78, 5) is 36.9. The molecule has 0 heterocycles. The highest BCUT2D eigenvalue weighted by molar-refractivity contribution is 5.99. The van der Waals surface area contributed by atoms with Crippen molar-refractivity contribution in [3.8, 4) is 5.75 Å². The quantitative estimate of drug-likeness (QED) is 0.130. The molecule has 9 heteroatoms. The van der Waals surface area contributed by atoms with Crippen LogP contribution in [0.5, 0.6) is 5.75 Å². The van der Waals surface area contributed by atoms with Gasteiger partial charge in [0.05, 0.1) is 12.2 Å². The van der Waals surface area contributed by atoms with Crippen LogP contribution in [0.3, 0.4) is 0 Å². The number of nitrogen functional groups attached to an aromatic ring is 1. The van der Waals surface area contributed by atoms with Crippen molar-refractivity contribution >= 4 is 29.8 Å². The summed E-state index contributed by atoms with van der Waals surface area (Å²) >= 11 is 0. The first-order valence-electron chi connectivity index (χ1n) is 10.8. The van der Waals surface area contributed by atoms with Gasteiger partial charge in [0, 0.05) is 17.7 Å². The predicted molar refractivity (Wildman–Crippen MR) is 127 cm³/mol. The fourth-order valence-electron chi connectivity index (χ4n) is 2.96. The fraction of sp³-hybridized carbons (Fsp3) is 0.280. The number of carbonyl (C=O) groups excluding carboxylic acids is 3. The molecule has 0 aliphatic rings. The molecule has 0 saturated heterocycles. The van der Waals surface area contributed by atoms with Crippen LogP contribution in [-0.4, -0.2) is 48.0 Å². The van der Waals surface area contributed by atoms with Crippen LogP contribution < -0.4 is 15.8 Å². The molecule has 2 rings (SSSR count).